The Kier molecular flexibility index (Phi) is 6.21. The number of carbonyl (C=O) groups excluding carboxylic acids is 1. The first kappa shape index (κ1) is 20.4. The summed E-state index contributed by atoms with van der Waals surface area (Å²) < 4.78 is 44.8. The Morgan fingerprint density at radius 2 is 2.04 bits per heavy atom. The number of nitrogens with zero attached hydrogens (tertiary/aromatic N) is 3. The summed E-state index contributed by atoms with van der Waals surface area (Å²) in [5, 5.41) is 13.0. The summed E-state index contributed by atoms with van der Waals surface area (Å²) in [5.41, 5.74) is -0.296. The molecule has 1 aromatic heterocycles. The molecule has 0 aliphatic rings. The number of aliphatic carboxylic acids is 1. The van der Waals surface area contributed by atoms with Gasteiger partial charge in [0.05, 0.1) is 35.3 Å². The number of aromatic nitrogens is 2. The minimum Gasteiger partial charge on any atom is -0.480 e. The summed E-state index contributed by atoms with van der Waals surface area (Å²) in [5.74, 6) is -1.78. The topological polar surface area (TPSA) is 84.7 Å². The van der Waals surface area contributed by atoms with Crippen molar-refractivity contribution in [2.75, 3.05) is 26.8 Å². The number of amides is 1. The van der Waals surface area contributed by atoms with Gasteiger partial charge < -0.3 is 14.7 Å². The predicted octanol–water partition coefficient (Wildman–Crippen LogP) is 2.37. The maximum Gasteiger partial charge on any atom is 0.416 e. The van der Waals surface area contributed by atoms with Crippen LogP contribution in [0.4, 0.5) is 13.2 Å². The van der Waals surface area contributed by atoms with Crippen LogP contribution in [0.1, 0.15) is 21.6 Å². The van der Waals surface area contributed by atoms with Crippen LogP contribution in [-0.4, -0.2) is 58.5 Å². The van der Waals surface area contributed by atoms with Gasteiger partial charge in [-0.3, -0.25) is 9.59 Å². The fraction of sp³-hybridized carbons (Fsp3) is 0.353. The van der Waals surface area contributed by atoms with E-state index in [1.165, 1.54) is 37.0 Å². The van der Waals surface area contributed by atoms with Crippen LogP contribution in [0.2, 0.25) is 0 Å². The average Bonchev–Trinajstić information content (AvgIpc) is 2.98. The zero-order valence-electron chi connectivity index (χ0n) is 14.7. The largest absolute Gasteiger partial charge is 0.480 e. The Morgan fingerprint density at radius 1 is 1.33 bits per heavy atom. The van der Waals surface area contributed by atoms with E-state index in [1.807, 2.05) is 0 Å². The van der Waals surface area contributed by atoms with Gasteiger partial charge in [0.2, 0.25) is 0 Å². The lowest BCUT2D eigenvalue weighted by Crippen LogP contribution is -2.38. The van der Waals surface area contributed by atoms with E-state index in [1.54, 1.807) is 0 Å². The van der Waals surface area contributed by atoms with Crippen molar-refractivity contribution in [3.8, 4) is 5.69 Å². The summed E-state index contributed by atoms with van der Waals surface area (Å²) in [7, 11) is 1.42. The van der Waals surface area contributed by atoms with Gasteiger partial charge in [0.15, 0.2) is 0 Å². The normalized spacial score (nSPS) is 11.4. The molecule has 1 N–H and O–H groups in total. The molecule has 10 heteroatoms. The Labute approximate surface area is 153 Å². The second kappa shape index (κ2) is 8.21. The molecule has 0 unspecified atom stereocenters. The standard InChI is InChI=1S/C17H18F3N3O4/c1-11-14(16(26)22(6-7-27-2)10-15(24)25)9-21-23(11)13-5-3-4-12(8-13)17(18,19)20/h3-5,8-9H,6-7,10H2,1-2H3,(H,24,25). The van der Waals surface area contributed by atoms with Gasteiger partial charge in [-0.15, -0.1) is 0 Å². The van der Waals surface area contributed by atoms with Gasteiger partial charge >= 0.3 is 12.1 Å². The molecule has 0 aliphatic heterocycles. The van der Waals surface area contributed by atoms with Crippen molar-refractivity contribution in [2.45, 2.75) is 13.1 Å². The number of benzene rings is 1. The van der Waals surface area contributed by atoms with E-state index in [0.717, 1.165) is 17.0 Å². The predicted molar refractivity (Wildman–Crippen MR) is 88.7 cm³/mol. The monoisotopic (exact) mass is 385 g/mol. The summed E-state index contributed by atoms with van der Waals surface area (Å²) in [6.45, 7) is 1.18. The first-order valence-corrected chi connectivity index (χ1v) is 7.87. The number of methoxy groups -OCH3 is 1. The van der Waals surface area contributed by atoms with Crippen molar-refractivity contribution in [1.29, 1.82) is 0 Å². The molecular formula is C17H18F3N3O4. The van der Waals surface area contributed by atoms with Gasteiger partial charge in [-0.25, -0.2) is 4.68 Å². The highest BCUT2D eigenvalue weighted by atomic mass is 19.4. The molecule has 0 saturated heterocycles. The molecule has 0 saturated carbocycles. The van der Waals surface area contributed by atoms with Crippen LogP contribution >= 0.6 is 0 Å². The highest BCUT2D eigenvalue weighted by molar-refractivity contribution is 5.96. The quantitative estimate of drug-likeness (QED) is 0.791. The van der Waals surface area contributed by atoms with Crippen LogP contribution < -0.4 is 0 Å². The average molecular weight is 385 g/mol. The zero-order valence-corrected chi connectivity index (χ0v) is 14.7. The SMILES string of the molecule is COCCN(CC(=O)O)C(=O)c1cnn(-c2cccc(C(F)(F)F)c2)c1C. The van der Waals surface area contributed by atoms with E-state index in [-0.39, 0.29) is 24.4 Å². The van der Waals surface area contributed by atoms with Crippen LogP contribution in [-0.2, 0) is 15.7 Å². The van der Waals surface area contributed by atoms with Gasteiger partial charge in [0.25, 0.3) is 5.91 Å². The highest BCUT2D eigenvalue weighted by Gasteiger charge is 2.31. The van der Waals surface area contributed by atoms with Gasteiger partial charge in [-0.1, -0.05) is 6.07 Å². The molecular weight excluding hydrogens is 367 g/mol. The molecule has 7 nitrogen and oxygen atoms in total. The molecule has 0 spiro atoms. The van der Waals surface area contributed by atoms with E-state index in [0.29, 0.717) is 5.69 Å². The van der Waals surface area contributed by atoms with Crippen LogP contribution in [0.5, 0.6) is 0 Å². The molecule has 1 aromatic carbocycles. The molecule has 0 bridgehead atoms. The lowest BCUT2D eigenvalue weighted by molar-refractivity contribution is -0.138. The Bertz CT molecular complexity index is 833. The summed E-state index contributed by atoms with van der Waals surface area (Å²) in [6, 6.07) is 4.54. The van der Waals surface area contributed by atoms with Gasteiger partial charge in [-0.2, -0.15) is 18.3 Å². The number of ether oxygens (including phenoxy) is 1. The minimum atomic E-state index is -4.51. The van der Waals surface area contributed by atoms with Crippen molar-refractivity contribution >= 4 is 11.9 Å². The van der Waals surface area contributed by atoms with Crippen molar-refractivity contribution in [3.05, 3.63) is 47.3 Å². The fourth-order valence-corrected chi connectivity index (χ4v) is 2.48. The van der Waals surface area contributed by atoms with Crippen molar-refractivity contribution in [2.24, 2.45) is 0 Å². The van der Waals surface area contributed by atoms with Crippen molar-refractivity contribution in [1.82, 2.24) is 14.7 Å². The summed E-state index contributed by atoms with van der Waals surface area (Å²) in [6.07, 6.45) is -3.30. The molecule has 2 rings (SSSR count). The van der Waals surface area contributed by atoms with Crippen molar-refractivity contribution < 1.29 is 32.6 Å². The lowest BCUT2D eigenvalue weighted by atomic mass is 10.2. The number of hydrogen-bond acceptors (Lipinski definition) is 4. The van der Waals surface area contributed by atoms with Gasteiger partial charge in [0, 0.05) is 13.7 Å². The zero-order chi connectivity index (χ0) is 20.2. The first-order chi connectivity index (χ1) is 12.6. The molecule has 27 heavy (non-hydrogen) atoms. The molecule has 0 radical (unpaired) electrons. The molecule has 0 fully saturated rings. The van der Waals surface area contributed by atoms with Crippen LogP contribution in [0.3, 0.4) is 0 Å². The van der Waals surface area contributed by atoms with Crippen molar-refractivity contribution in [3.63, 3.8) is 0 Å². The van der Waals surface area contributed by atoms with E-state index >= 15 is 0 Å². The Hall–Kier alpha value is -2.88. The lowest BCUT2D eigenvalue weighted by Gasteiger charge is -2.20. The molecule has 1 amide bonds. The van der Waals surface area contributed by atoms with Crippen LogP contribution in [0.15, 0.2) is 30.5 Å². The van der Waals surface area contributed by atoms with Crippen LogP contribution in [0, 0.1) is 6.92 Å². The maximum atomic E-state index is 12.9. The Balaban J connectivity index is 2.35. The number of rotatable bonds is 7. The summed E-state index contributed by atoms with van der Waals surface area (Å²) in [4.78, 5) is 24.7. The molecule has 0 aliphatic carbocycles. The van der Waals surface area contributed by atoms with E-state index in [9.17, 15) is 22.8 Å². The first-order valence-electron chi connectivity index (χ1n) is 7.87. The van der Waals surface area contributed by atoms with E-state index < -0.39 is 30.2 Å². The van der Waals surface area contributed by atoms with Gasteiger partial charge in [-0.05, 0) is 25.1 Å². The molecule has 146 valence electrons. The molecule has 1 heterocycles. The summed E-state index contributed by atoms with van der Waals surface area (Å²) >= 11 is 0. The number of hydrogen-bond donors (Lipinski definition) is 1. The third-order valence-corrected chi connectivity index (χ3v) is 3.84. The third kappa shape index (κ3) is 4.85. The van der Waals surface area contributed by atoms with Gasteiger partial charge in [0.1, 0.15) is 6.54 Å². The number of halogens is 3. The third-order valence-electron chi connectivity index (χ3n) is 3.84. The van der Waals surface area contributed by atoms with E-state index in [2.05, 4.69) is 5.10 Å². The van der Waals surface area contributed by atoms with E-state index in [4.69, 9.17) is 9.84 Å². The van der Waals surface area contributed by atoms with Crippen LogP contribution in [0.25, 0.3) is 5.69 Å². The number of carbonyl (C=O) groups is 2. The number of carboxylic acids is 1. The highest BCUT2D eigenvalue weighted by Crippen LogP contribution is 2.30. The molecule has 2 aromatic rings. The number of carboxylic acid groups (broad SMARTS) is 1. The smallest absolute Gasteiger partial charge is 0.416 e. The Morgan fingerprint density at radius 3 is 2.63 bits per heavy atom. The second-order valence-corrected chi connectivity index (χ2v) is 5.72. The maximum absolute atomic E-state index is 12.9. The molecule has 0 atom stereocenters. The minimum absolute atomic E-state index is 0.0514. The fourth-order valence-electron chi connectivity index (χ4n) is 2.48. The number of alkyl halides is 3. The second-order valence-electron chi connectivity index (χ2n) is 5.72.